The highest BCUT2D eigenvalue weighted by atomic mass is 28.4. The third kappa shape index (κ3) is 16.7. The van der Waals surface area contributed by atoms with Gasteiger partial charge in [0.25, 0.3) is 0 Å². The van der Waals surface area contributed by atoms with Gasteiger partial charge in [-0.05, 0) is 13.1 Å². The second kappa shape index (κ2) is 20.4. The van der Waals surface area contributed by atoms with Crippen molar-refractivity contribution >= 4 is 44.4 Å². The van der Waals surface area contributed by atoms with Gasteiger partial charge in [-0.15, -0.1) is 0 Å². The fourth-order valence-electron chi connectivity index (χ4n) is 2.89. The summed E-state index contributed by atoms with van der Waals surface area (Å²) in [5, 5.41) is 0. The quantitative estimate of drug-likeness (QED) is 0.0641. The fraction of sp³-hybridized carbons (Fsp3) is 0.400. The average Bonchev–Trinajstić information content (AvgIpc) is 3.05. The van der Waals surface area contributed by atoms with Gasteiger partial charge in [0.15, 0.2) is 0 Å². The lowest BCUT2D eigenvalue weighted by molar-refractivity contribution is -0.159. The van der Waals surface area contributed by atoms with E-state index in [1.807, 2.05) is 0 Å². The Hall–Kier alpha value is -4.60. The van der Waals surface area contributed by atoms with E-state index >= 15 is 0 Å². The summed E-state index contributed by atoms with van der Waals surface area (Å²) in [5.41, 5.74) is -2.86. The molecule has 14 nitrogen and oxygen atoms in total. The molecule has 0 bridgehead atoms. The van der Waals surface area contributed by atoms with Crippen molar-refractivity contribution in [1.29, 1.82) is 0 Å². The zero-order chi connectivity index (χ0) is 34.5. The van der Waals surface area contributed by atoms with Gasteiger partial charge < -0.3 is 37.3 Å². The van der Waals surface area contributed by atoms with E-state index in [1.54, 1.807) is 13.1 Å². The number of hydrogen-bond donors (Lipinski definition) is 0. The molecule has 0 rings (SSSR count). The topological polar surface area (TPSA) is 176 Å². The molecule has 0 saturated carbocycles. The van der Waals surface area contributed by atoms with Crippen molar-refractivity contribution in [2.45, 2.75) is 13.1 Å². The summed E-state index contributed by atoms with van der Waals surface area (Å²) in [6.45, 7) is 20.0. The Kier molecular flexibility index (Phi) is 18.3. The molecule has 0 aromatic rings. The van der Waals surface area contributed by atoms with Crippen LogP contribution in [0.1, 0.15) is 0 Å². The lowest BCUT2D eigenvalue weighted by Gasteiger charge is -2.37. The lowest BCUT2D eigenvalue weighted by Crippen LogP contribution is -2.50. The molecule has 0 aromatic heterocycles. The molecule has 0 amide bonds. The van der Waals surface area contributed by atoms with Gasteiger partial charge in [-0.2, -0.15) is 0 Å². The molecular formula is C30H40O14Si. The molecule has 0 N–H and O–H groups in total. The Labute approximate surface area is 263 Å². The molecule has 15 heteroatoms. The van der Waals surface area contributed by atoms with Crippen LogP contribution in [-0.2, 0) is 66.0 Å². The summed E-state index contributed by atoms with van der Waals surface area (Å²) in [7, 11) is -3.27. The van der Waals surface area contributed by atoms with Gasteiger partial charge in [0.2, 0.25) is 0 Å². The molecule has 0 radical (unpaired) electrons. The summed E-state index contributed by atoms with van der Waals surface area (Å²) >= 11 is 0. The summed E-state index contributed by atoms with van der Waals surface area (Å²) in [5.74, 6) is -4.84. The standard InChI is InChI=1S/C30H40O14Si/c1-9-23(31)37-15-29(16-38-24(32)10-2,17-39-25(33)11-3)21-43-45(7,8)44-22-30(18-40-26(34)12-4,19-41-27(35)13-5)20-42-28(36)14-6/h9-14H,1-6,15-22H2,7-8H3. The maximum Gasteiger partial charge on any atom is 0.331 e. The van der Waals surface area contributed by atoms with E-state index in [9.17, 15) is 28.8 Å². The highest BCUT2D eigenvalue weighted by Crippen LogP contribution is 2.27. The summed E-state index contributed by atoms with van der Waals surface area (Å²) < 4.78 is 43.4. The average molecular weight is 653 g/mol. The Morgan fingerprint density at radius 2 is 0.600 bits per heavy atom. The maximum atomic E-state index is 11.9. The summed E-state index contributed by atoms with van der Waals surface area (Å²) in [4.78, 5) is 71.3. The molecule has 0 saturated heterocycles. The molecule has 0 heterocycles. The first-order chi connectivity index (χ1) is 21.1. The van der Waals surface area contributed by atoms with E-state index in [4.69, 9.17) is 37.3 Å². The van der Waals surface area contributed by atoms with E-state index in [0.29, 0.717) is 0 Å². The van der Waals surface area contributed by atoms with Crippen LogP contribution in [0.15, 0.2) is 75.9 Å². The van der Waals surface area contributed by atoms with E-state index in [2.05, 4.69) is 39.5 Å². The predicted octanol–water partition coefficient (Wildman–Crippen LogP) is 2.07. The van der Waals surface area contributed by atoms with E-state index in [0.717, 1.165) is 36.5 Å². The first kappa shape index (κ1) is 40.4. The molecule has 0 atom stereocenters. The SMILES string of the molecule is C=CC(=O)OCC(COC(=O)C=C)(COC(=O)C=C)CO[Si](C)(C)OCC(COC(=O)C=C)(COC(=O)C=C)COC(=O)C=C. The maximum absolute atomic E-state index is 11.9. The van der Waals surface area contributed by atoms with Crippen LogP contribution in [0, 0.1) is 10.8 Å². The van der Waals surface area contributed by atoms with Crippen LogP contribution >= 0.6 is 0 Å². The Morgan fingerprint density at radius 1 is 0.422 bits per heavy atom. The number of rotatable bonds is 24. The fourth-order valence-corrected chi connectivity index (χ4v) is 4.29. The van der Waals surface area contributed by atoms with Crippen LogP contribution in [0.2, 0.25) is 13.1 Å². The van der Waals surface area contributed by atoms with Gasteiger partial charge in [0.05, 0.1) is 24.0 Å². The van der Waals surface area contributed by atoms with Crippen LogP contribution in [0.4, 0.5) is 0 Å². The highest BCUT2D eigenvalue weighted by Gasteiger charge is 2.42. The smallest absolute Gasteiger partial charge is 0.331 e. The Balaban J connectivity index is 6.28. The van der Waals surface area contributed by atoms with Gasteiger partial charge in [-0.1, -0.05) is 39.5 Å². The molecule has 0 fully saturated rings. The van der Waals surface area contributed by atoms with Crippen molar-refractivity contribution in [3.63, 3.8) is 0 Å². The molecule has 0 spiro atoms. The predicted molar refractivity (Wildman–Crippen MR) is 161 cm³/mol. The molecule has 0 unspecified atom stereocenters. The van der Waals surface area contributed by atoms with Gasteiger partial charge >= 0.3 is 44.4 Å². The molecule has 0 aliphatic heterocycles. The second-order valence-electron chi connectivity index (χ2n) is 9.85. The zero-order valence-electron chi connectivity index (χ0n) is 25.6. The number of carbonyl (C=O) groups is 6. The largest absolute Gasteiger partial charge is 0.462 e. The van der Waals surface area contributed by atoms with Crippen molar-refractivity contribution < 1.29 is 66.0 Å². The minimum Gasteiger partial charge on any atom is -0.462 e. The van der Waals surface area contributed by atoms with Crippen LogP contribution in [0.3, 0.4) is 0 Å². The van der Waals surface area contributed by atoms with Gasteiger partial charge in [-0.25, -0.2) is 28.8 Å². The number of carbonyl (C=O) groups excluding carboxylic acids is 6. The summed E-state index contributed by atoms with van der Waals surface area (Å²) in [6.07, 6.45) is 5.48. The van der Waals surface area contributed by atoms with Crippen LogP contribution in [0.25, 0.3) is 0 Å². The van der Waals surface area contributed by atoms with Gasteiger partial charge in [0, 0.05) is 36.5 Å². The summed E-state index contributed by atoms with van der Waals surface area (Å²) in [6, 6.07) is 0. The first-order valence-corrected chi connectivity index (χ1v) is 16.0. The molecule has 0 aliphatic carbocycles. The number of ether oxygens (including phenoxy) is 6. The minimum atomic E-state index is -3.27. The van der Waals surface area contributed by atoms with Crippen molar-refractivity contribution in [2.24, 2.45) is 10.8 Å². The van der Waals surface area contributed by atoms with E-state index in [-0.39, 0.29) is 13.2 Å². The molecule has 45 heavy (non-hydrogen) atoms. The third-order valence-corrected chi connectivity index (χ3v) is 7.25. The van der Waals surface area contributed by atoms with Crippen molar-refractivity contribution in [1.82, 2.24) is 0 Å². The molecule has 248 valence electrons. The second-order valence-corrected chi connectivity index (χ2v) is 13.2. The zero-order valence-corrected chi connectivity index (χ0v) is 26.6. The first-order valence-electron chi connectivity index (χ1n) is 13.2. The van der Waals surface area contributed by atoms with Gasteiger partial charge in [0.1, 0.15) is 39.6 Å². The molecule has 0 aromatic carbocycles. The highest BCUT2D eigenvalue weighted by molar-refractivity contribution is 6.64. The number of esters is 6. The van der Waals surface area contributed by atoms with Crippen LogP contribution < -0.4 is 0 Å². The van der Waals surface area contributed by atoms with Crippen molar-refractivity contribution in [3.05, 3.63) is 75.9 Å². The lowest BCUT2D eigenvalue weighted by atomic mass is 9.92. The minimum absolute atomic E-state index is 0.332. The van der Waals surface area contributed by atoms with Crippen molar-refractivity contribution in [3.8, 4) is 0 Å². The van der Waals surface area contributed by atoms with Gasteiger partial charge in [-0.3, -0.25) is 0 Å². The Bertz CT molecular complexity index is 934. The van der Waals surface area contributed by atoms with Crippen molar-refractivity contribution in [2.75, 3.05) is 52.9 Å². The normalized spacial score (nSPS) is 11.1. The van der Waals surface area contributed by atoms with Crippen LogP contribution in [0.5, 0.6) is 0 Å². The third-order valence-electron chi connectivity index (χ3n) is 5.58. The van der Waals surface area contributed by atoms with E-state index < -0.39 is 94.8 Å². The molecular weight excluding hydrogens is 612 g/mol. The van der Waals surface area contributed by atoms with E-state index in [1.165, 1.54) is 0 Å². The molecule has 0 aliphatic rings. The number of hydrogen-bond acceptors (Lipinski definition) is 14. The monoisotopic (exact) mass is 652 g/mol. The van der Waals surface area contributed by atoms with Crippen LogP contribution in [-0.4, -0.2) is 97.2 Å². The Morgan fingerprint density at radius 3 is 0.756 bits per heavy atom.